The van der Waals surface area contributed by atoms with E-state index in [1.165, 1.54) is 12.8 Å². The van der Waals surface area contributed by atoms with Gasteiger partial charge in [0, 0.05) is 12.5 Å². The molecule has 1 aromatic heterocycles. The highest BCUT2D eigenvalue weighted by molar-refractivity contribution is 5.11. The van der Waals surface area contributed by atoms with Crippen LogP contribution >= 0.6 is 0 Å². The minimum atomic E-state index is 0.543. The molecule has 4 unspecified atom stereocenters. The van der Waals surface area contributed by atoms with E-state index in [0.717, 1.165) is 42.4 Å². The molecule has 1 heterocycles. The van der Waals surface area contributed by atoms with Gasteiger partial charge in [-0.25, -0.2) is 4.98 Å². The van der Waals surface area contributed by atoms with Gasteiger partial charge in [0.2, 0.25) is 5.89 Å². The first kappa shape index (κ1) is 12.0. The van der Waals surface area contributed by atoms with Crippen molar-refractivity contribution < 1.29 is 4.42 Å². The zero-order valence-corrected chi connectivity index (χ0v) is 11.2. The fourth-order valence-electron chi connectivity index (χ4n) is 3.39. The number of rotatable bonds is 5. The van der Waals surface area contributed by atoms with Crippen molar-refractivity contribution in [3.63, 3.8) is 0 Å². The third-order valence-corrected chi connectivity index (χ3v) is 4.50. The number of fused-ring (bicyclic) bond motifs is 2. The lowest BCUT2D eigenvalue weighted by molar-refractivity contribution is 0.312. The summed E-state index contributed by atoms with van der Waals surface area (Å²) in [6, 6.07) is 0.543. The van der Waals surface area contributed by atoms with Gasteiger partial charge in [-0.3, -0.25) is 0 Å². The molecule has 0 aliphatic heterocycles. The average molecular weight is 246 g/mol. The van der Waals surface area contributed by atoms with E-state index in [9.17, 15) is 0 Å². The molecule has 2 aliphatic rings. The fourth-order valence-corrected chi connectivity index (χ4v) is 3.39. The van der Waals surface area contributed by atoms with Crippen molar-refractivity contribution >= 4 is 0 Å². The molecule has 0 amide bonds. The van der Waals surface area contributed by atoms with Crippen molar-refractivity contribution in [2.24, 2.45) is 17.8 Å². The number of hydrogen-bond donors (Lipinski definition) is 1. The van der Waals surface area contributed by atoms with E-state index in [4.69, 9.17) is 4.42 Å². The highest BCUT2D eigenvalue weighted by Gasteiger charge is 2.38. The molecule has 2 aliphatic carbocycles. The molecule has 3 heteroatoms. The summed E-state index contributed by atoms with van der Waals surface area (Å²) in [6.45, 7) is 5.13. The Hall–Kier alpha value is -1.09. The summed E-state index contributed by atoms with van der Waals surface area (Å²) in [5.74, 6) is 4.23. The van der Waals surface area contributed by atoms with Crippen molar-refractivity contribution in [3.8, 4) is 0 Å². The van der Waals surface area contributed by atoms with Crippen LogP contribution in [0.4, 0.5) is 0 Å². The van der Waals surface area contributed by atoms with E-state index in [1.807, 2.05) is 6.20 Å². The monoisotopic (exact) mass is 246 g/mol. The number of allylic oxidation sites excluding steroid dienone is 2. The first-order valence-electron chi connectivity index (χ1n) is 7.11. The molecule has 0 radical (unpaired) electrons. The topological polar surface area (TPSA) is 38.1 Å². The van der Waals surface area contributed by atoms with E-state index < -0.39 is 0 Å². The summed E-state index contributed by atoms with van der Waals surface area (Å²) in [7, 11) is 0. The molecular weight excluding hydrogens is 224 g/mol. The van der Waals surface area contributed by atoms with Crippen molar-refractivity contribution in [3.05, 3.63) is 30.0 Å². The highest BCUT2D eigenvalue weighted by atomic mass is 16.4. The van der Waals surface area contributed by atoms with Gasteiger partial charge >= 0.3 is 0 Å². The van der Waals surface area contributed by atoms with E-state index in [-0.39, 0.29) is 0 Å². The third-order valence-electron chi connectivity index (χ3n) is 4.50. The maximum absolute atomic E-state index is 5.62. The Bertz CT molecular complexity index is 437. The lowest BCUT2D eigenvalue weighted by Crippen LogP contribution is -2.35. The Labute approximate surface area is 109 Å². The van der Waals surface area contributed by atoms with Crippen LogP contribution in [0.1, 0.15) is 38.3 Å². The number of aromatic nitrogens is 1. The molecule has 3 nitrogen and oxygen atoms in total. The predicted molar refractivity (Wildman–Crippen MR) is 71.0 cm³/mol. The summed E-state index contributed by atoms with van der Waals surface area (Å²) < 4.78 is 5.62. The first-order chi connectivity index (χ1) is 8.76. The molecule has 0 saturated heterocycles. The molecule has 1 N–H and O–H groups in total. The number of nitrogens with one attached hydrogen (secondary N) is 1. The Morgan fingerprint density at radius 1 is 1.44 bits per heavy atom. The zero-order valence-electron chi connectivity index (χ0n) is 11.2. The maximum atomic E-state index is 5.62. The molecule has 0 aromatic carbocycles. The number of hydrogen-bond acceptors (Lipinski definition) is 3. The second kappa shape index (κ2) is 4.88. The van der Waals surface area contributed by atoms with Gasteiger partial charge in [-0.2, -0.15) is 0 Å². The normalized spacial score (nSPS) is 31.1. The van der Waals surface area contributed by atoms with Crippen molar-refractivity contribution in [1.29, 1.82) is 0 Å². The Morgan fingerprint density at radius 2 is 2.33 bits per heavy atom. The molecule has 1 aromatic rings. The zero-order chi connectivity index (χ0) is 12.5. The smallest absolute Gasteiger partial charge is 0.208 e. The number of oxazole rings is 1. The van der Waals surface area contributed by atoms with Gasteiger partial charge in [0.15, 0.2) is 0 Å². The molecule has 4 atom stereocenters. The molecule has 18 heavy (non-hydrogen) atoms. The summed E-state index contributed by atoms with van der Waals surface area (Å²) in [5.41, 5.74) is 0. The predicted octanol–water partition coefficient (Wildman–Crippen LogP) is 2.93. The molecule has 3 rings (SSSR count). The minimum absolute atomic E-state index is 0.543. The van der Waals surface area contributed by atoms with Crippen molar-refractivity contribution in [1.82, 2.24) is 10.3 Å². The standard InChI is InChI=1S/C15H22N2O/c1-3-13-8-17-15(18-13)9-16-10(2)14-7-11-4-5-12(14)6-11/h4-5,8,10-12,14,16H,3,6-7,9H2,1-2H3. The molecular formula is C15H22N2O. The van der Waals surface area contributed by atoms with E-state index >= 15 is 0 Å². The van der Waals surface area contributed by atoms with Crippen LogP contribution in [0.5, 0.6) is 0 Å². The third kappa shape index (κ3) is 2.24. The maximum Gasteiger partial charge on any atom is 0.208 e. The average Bonchev–Trinajstić information content (AvgIpc) is 3.11. The van der Waals surface area contributed by atoms with Crippen LogP contribution in [-0.2, 0) is 13.0 Å². The number of aryl methyl sites for hydroxylation is 1. The summed E-state index contributed by atoms with van der Waals surface area (Å²) >= 11 is 0. The summed E-state index contributed by atoms with van der Waals surface area (Å²) in [6.07, 6.45) is 10.3. The van der Waals surface area contributed by atoms with Gasteiger partial charge in [0.1, 0.15) is 5.76 Å². The lowest BCUT2D eigenvalue weighted by Gasteiger charge is -2.25. The SMILES string of the molecule is CCc1cnc(CNC(C)C2CC3C=CC2C3)o1. The number of nitrogens with zero attached hydrogens (tertiary/aromatic N) is 1. The van der Waals surface area contributed by atoms with Crippen LogP contribution in [0, 0.1) is 17.8 Å². The molecule has 1 saturated carbocycles. The molecule has 2 bridgehead atoms. The van der Waals surface area contributed by atoms with Crippen LogP contribution < -0.4 is 5.32 Å². The van der Waals surface area contributed by atoms with Crippen molar-refractivity contribution in [2.75, 3.05) is 0 Å². The largest absolute Gasteiger partial charge is 0.444 e. The quantitative estimate of drug-likeness (QED) is 0.812. The van der Waals surface area contributed by atoms with Gasteiger partial charge in [-0.05, 0) is 37.5 Å². The van der Waals surface area contributed by atoms with Gasteiger partial charge < -0.3 is 9.73 Å². The summed E-state index contributed by atoms with van der Waals surface area (Å²) in [5, 5.41) is 3.57. The van der Waals surface area contributed by atoms with Gasteiger partial charge in [-0.1, -0.05) is 19.1 Å². The second-order valence-electron chi connectivity index (χ2n) is 5.69. The van der Waals surface area contributed by atoms with Crippen LogP contribution in [0.2, 0.25) is 0 Å². The second-order valence-corrected chi connectivity index (χ2v) is 5.69. The van der Waals surface area contributed by atoms with E-state index in [2.05, 4.69) is 36.3 Å². The molecule has 98 valence electrons. The highest BCUT2D eigenvalue weighted by Crippen LogP contribution is 2.44. The van der Waals surface area contributed by atoms with Crippen LogP contribution in [0.15, 0.2) is 22.8 Å². The Morgan fingerprint density at radius 3 is 2.94 bits per heavy atom. The van der Waals surface area contributed by atoms with Gasteiger partial charge in [-0.15, -0.1) is 0 Å². The van der Waals surface area contributed by atoms with Crippen LogP contribution in [0.3, 0.4) is 0 Å². The Kier molecular flexibility index (Phi) is 3.25. The molecule has 1 fully saturated rings. The molecule has 0 spiro atoms. The van der Waals surface area contributed by atoms with Gasteiger partial charge in [0.05, 0.1) is 12.7 Å². The van der Waals surface area contributed by atoms with E-state index in [1.54, 1.807) is 0 Å². The van der Waals surface area contributed by atoms with E-state index in [0.29, 0.717) is 6.04 Å². The first-order valence-corrected chi connectivity index (χ1v) is 7.11. The Balaban J connectivity index is 1.52. The van der Waals surface area contributed by atoms with Crippen LogP contribution in [0.25, 0.3) is 0 Å². The van der Waals surface area contributed by atoms with Crippen LogP contribution in [-0.4, -0.2) is 11.0 Å². The minimum Gasteiger partial charge on any atom is -0.444 e. The fraction of sp³-hybridized carbons (Fsp3) is 0.667. The lowest BCUT2D eigenvalue weighted by atomic mass is 9.87. The summed E-state index contributed by atoms with van der Waals surface area (Å²) in [4.78, 5) is 4.29. The van der Waals surface area contributed by atoms with Gasteiger partial charge in [0.25, 0.3) is 0 Å². The van der Waals surface area contributed by atoms with Crippen molar-refractivity contribution in [2.45, 2.75) is 45.7 Å².